The van der Waals surface area contributed by atoms with E-state index in [2.05, 4.69) is 57.4 Å². The summed E-state index contributed by atoms with van der Waals surface area (Å²) in [5.41, 5.74) is 7.17. The number of alkyl halides is 2. The van der Waals surface area contributed by atoms with Crippen LogP contribution in [0.2, 0.25) is 0 Å². The van der Waals surface area contributed by atoms with E-state index in [4.69, 9.17) is 0 Å². The fourth-order valence-corrected chi connectivity index (χ4v) is 5.36. The Labute approximate surface area is 251 Å². The van der Waals surface area contributed by atoms with E-state index >= 15 is 0 Å². The summed E-state index contributed by atoms with van der Waals surface area (Å²) in [5.74, 6) is 0.667. The Hall–Kier alpha value is -3.31. The molecule has 2 nitrogen and oxygen atoms in total. The summed E-state index contributed by atoms with van der Waals surface area (Å²) in [4.78, 5) is 3.48. The Morgan fingerprint density at radius 1 is 0.976 bits per heavy atom. The van der Waals surface area contributed by atoms with Crippen LogP contribution in [0.25, 0.3) is 5.57 Å². The molecule has 1 fully saturated rings. The zero-order chi connectivity index (χ0) is 30.8. The van der Waals surface area contributed by atoms with Crippen LogP contribution in [-0.2, 0) is 6.54 Å². The standard InChI is InChI=1S/C32H35F3N2.C5H12/c1-5-29(27-10-8-11-28(33)20-27)30-14-13-25(19-23(30)3)21-36-17-15-26(16-18-36)24(4)37(32(34)35)31-12-7-6-9-22(31)2;1-4-5(2)3/h5-14,19-20,26,32H,4,15-18,21H2,1-3H3;5H,4H2,1-3H3/b29-5-;. The maximum Gasteiger partial charge on any atom is 0.319 e. The lowest BCUT2D eigenvalue weighted by Gasteiger charge is -2.37. The summed E-state index contributed by atoms with van der Waals surface area (Å²) in [5, 5.41) is 0. The molecular formula is C37H47F3N2. The molecule has 1 heterocycles. The molecule has 42 heavy (non-hydrogen) atoms. The Kier molecular flexibility index (Phi) is 12.5. The zero-order valence-electron chi connectivity index (χ0n) is 26.1. The third kappa shape index (κ3) is 8.84. The van der Waals surface area contributed by atoms with E-state index in [1.165, 1.54) is 18.1 Å². The lowest BCUT2D eigenvalue weighted by atomic mass is 9.91. The molecule has 5 heteroatoms. The van der Waals surface area contributed by atoms with E-state index < -0.39 is 6.55 Å². The molecule has 0 aromatic heterocycles. The summed E-state index contributed by atoms with van der Waals surface area (Å²) < 4.78 is 41.9. The summed E-state index contributed by atoms with van der Waals surface area (Å²) in [6.07, 6.45) is 4.93. The highest BCUT2D eigenvalue weighted by Crippen LogP contribution is 2.34. The van der Waals surface area contributed by atoms with Gasteiger partial charge in [-0.05, 0) is 104 Å². The van der Waals surface area contributed by atoms with Crippen LogP contribution >= 0.6 is 0 Å². The number of hydrogen-bond donors (Lipinski definition) is 0. The maximum atomic E-state index is 14.0. The quantitative estimate of drug-likeness (QED) is 0.234. The number of anilines is 1. The lowest BCUT2D eigenvalue weighted by Crippen LogP contribution is -2.38. The Morgan fingerprint density at radius 3 is 2.19 bits per heavy atom. The van der Waals surface area contributed by atoms with E-state index in [1.807, 2.05) is 38.1 Å². The monoisotopic (exact) mass is 576 g/mol. The first-order valence-electron chi connectivity index (χ1n) is 15.1. The summed E-state index contributed by atoms with van der Waals surface area (Å²) in [6, 6.07) is 20.4. The molecule has 0 amide bonds. The van der Waals surface area contributed by atoms with Crippen molar-refractivity contribution in [1.29, 1.82) is 0 Å². The highest BCUT2D eigenvalue weighted by atomic mass is 19.3. The summed E-state index contributed by atoms with van der Waals surface area (Å²) in [7, 11) is 0. The van der Waals surface area contributed by atoms with E-state index in [9.17, 15) is 13.2 Å². The van der Waals surface area contributed by atoms with Crippen molar-refractivity contribution in [1.82, 2.24) is 4.90 Å². The molecule has 0 aliphatic carbocycles. The molecule has 0 bridgehead atoms. The number of hydrogen-bond acceptors (Lipinski definition) is 2. The largest absolute Gasteiger partial charge is 0.319 e. The van der Waals surface area contributed by atoms with Gasteiger partial charge in [-0.25, -0.2) is 4.39 Å². The van der Waals surface area contributed by atoms with Gasteiger partial charge >= 0.3 is 6.55 Å². The first-order chi connectivity index (χ1) is 20.0. The van der Waals surface area contributed by atoms with Crippen molar-refractivity contribution in [3.8, 4) is 0 Å². The second-order valence-corrected chi connectivity index (χ2v) is 11.6. The van der Waals surface area contributed by atoms with Gasteiger partial charge in [-0.15, -0.1) is 0 Å². The molecule has 0 spiro atoms. The number of para-hydroxylation sites is 1. The molecule has 1 aliphatic rings. The van der Waals surface area contributed by atoms with Crippen molar-refractivity contribution in [2.45, 2.75) is 73.9 Å². The Bertz CT molecular complexity index is 1340. The van der Waals surface area contributed by atoms with Crippen molar-refractivity contribution >= 4 is 11.3 Å². The van der Waals surface area contributed by atoms with Crippen LogP contribution in [0.15, 0.2) is 85.1 Å². The SMILES string of the molecule is C=C(C1CCN(Cc2ccc(/C(=C\C)c3cccc(F)c3)c(C)c2)CC1)N(c1ccccc1C)C(F)F.CCC(C)C. The maximum absolute atomic E-state index is 14.0. The minimum absolute atomic E-state index is 0.0254. The van der Waals surface area contributed by atoms with Crippen LogP contribution < -0.4 is 4.90 Å². The molecule has 0 radical (unpaired) electrons. The van der Waals surface area contributed by atoms with Gasteiger partial charge in [0.25, 0.3) is 0 Å². The number of nitrogens with zero attached hydrogens (tertiary/aromatic N) is 2. The number of piperidine rings is 1. The van der Waals surface area contributed by atoms with Crippen molar-refractivity contribution in [3.05, 3.63) is 119 Å². The molecular weight excluding hydrogens is 529 g/mol. The first kappa shape index (κ1) is 33.2. The second-order valence-electron chi connectivity index (χ2n) is 11.6. The van der Waals surface area contributed by atoms with Gasteiger partial charge in [0, 0.05) is 23.8 Å². The van der Waals surface area contributed by atoms with Gasteiger partial charge < -0.3 is 0 Å². The summed E-state index contributed by atoms with van der Waals surface area (Å²) in [6.45, 7) is 16.5. The minimum Gasteiger partial charge on any atom is -0.299 e. The van der Waals surface area contributed by atoms with E-state index in [0.29, 0.717) is 11.4 Å². The van der Waals surface area contributed by atoms with Crippen molar-refractivity contribution in [2.24, 2.45) is 11.8 Å². The zero-order valence-corrected chi connectivity index (χ0v) is 26.1. The number of halogens is 3. The Balaban J connectivity index is 0.000000892. The minimum atomic E-state index is -2.62. The van der Waals surface area contributed by atoms with Crippen molar-refractivity contribution in [3.63, 3.8) is 0 Å². The molecule has 1 saturated heterocycles. The fourth-order valence-electron chi connectivity index (χ4n) is 5.36. The number of rotatable bonds is 9. The van der Waals surface area contributed by atoms with Gasteiger partial charge in [-0.1, -0.05) is 88.4 Å². The fraction of sp³-hybridized carbons (Fsp3) is 0.405. The summed E-state index contributed by atoms with van der Waals surface area (Å²) >= 11 is 0. The van der Waals surface area contributed by atoms with Crippen LogP contribution in [0, 0.1) is 31.5 Å². The topological polar surface area (TPSA) is 6.48 Å². The highest BCUT2D eigenvalue weighted by Gasteiger charge is 2.29. The molecule has 3 aromatic rings. The van der Waals surface area contributed by atoms with Crippen LogP contribution in [0.1, 0.15) is 74.8 Å². The smallest absolute Gasteiger partial charge is 0.299 e. The normalized spacial score (nSPS) is 14.6. The number of aryl methyl sites for hydroxylation is 2. The molecule has 0 N–H and O–H groups in total. The molecule has 3 aromatic carbocycles. The van der Waals surface area contributed by atoms with Crippen molar-refractivity contribution in [2.75, 3.05) is 18.0 Å². The predicted molar refractivity (Wildman–Crippen MR) is 172 cm³/mol. The van der Waals surface area contributed by atoms with Gasteiger partial charge in [0.1, 0.15) is 5.82 Å². The average molecular weight is 577 g/mol. The Morgan fingerprint density at radius 2 is 1.64 bits per heavy atom. The third-order valence-electron chi connectivity index (χ3n) is 8.17. The second kappa shape index (κ2) is 15.8. The van der Waals surface area contributed by atoms with Crippen LogP contribution in [0.4, 0.5) is 18.9 Å². The number of likely N-dealkylation sites (tertiary alicyclic amines) is 1. The third-order valence-corrected chi connectivity index (χ3v) is 8.17. The molecule has 0 unspecified atom stereocenters. The molecule has 1 aliphatic heterocycles. The molecule has 0 atom stereocenters. The van der Waals surface area contributed by atoms with Gasteiger partial charge in [0.05, 0.1) is 0 Å². The lowest BCUT2D eigenvalue weighted by molar-refractivity contribution is 0.139. The van der Waals surface area contributed by atoms with Crippen molar-refractivity contribution < 1.29 is 13.2 Å². The van der Waals surface area contributed by atoms with Gasteiger partial charge in [-0.3, -0.25) is 9.80 Å². The van der Waals surface area contributed by atoms with Gasteiger partial charge in [0.2, 0.25) is 0 Å². The number of allylic oxidation sites excluding steroid dienone is 2. The average Bonchev–Trinajstić information content (AvgIpc) is 2.96. The van der Waals surface area contributed by atoms with E-state index in [0.717, 1.165) is 71.1 Å². The molecule has 0 saturated carbocycles. The van der Waals surface area contributed by atoms with Gasteiger partial charge in [0.15, 0.2) is 0 Å². The molecule has 226 valence electrons. The first-order valence-corrected chi connectivity index (χ1v) is 15.1. The van der Waals surface area contributed by atoms with Gasteiger partial charge in [-0.2, -0.15) is 8.78 Å². The highest BCUT2D eigenvalue weighted by molar-refractivity contribution is 5.81. The van der Waals surface area contributed by atoms with E-state index in [1.54, 1.807) is 24.3 Å². The van der Waals surface area contributed by atoms with E-state index in [-0.39, 0.29) is 11.7 Å². The number of benzene rings is 3. The van der Waals surface area contributed by atoms with Crippen LogP contribution in [0.5, 0.6) is 0 Å². The predicted octanol–water partition coefficient (Wildman–Crippen LogP) is 10.4. The van der Waals surface area contributed by atoms with Crippen LogP contribution in [0.3, 0.4) is 0 Å². The van der Waals surface area contributed by atoms with Crippen LogP contribution in [-0.4, -0.2) is 24.5 Å². The molecule has 4 rings (SSSR count).